The van der Waals surface area contributed by atoms with E-state index in [-0.39, 0.29) is 12.5 Å². The van der Waals surface area contributed by atoms with Gasteiger partial charge in [0, 0.05) is 13.5 Å². The van der Waals surface area contributed by atoms with E-state index in [1.54, 1.807) is 6.08 Å². The minimum Gasteiger partial charge on any atom is -0.480 e. The van der Waals surface area contributed by atoms with E-state index in [1.165, 1.54) is 11.8 Å². The van der Waals surface area contributed by atoms with E-state index >= 15 is 0 Å². The number of carboxylic acid groups (broad SMARTS) is 1. The lowest BCUT2D eigenvalue weighted by atomic mass is 10.3. The van der Waals surface area contributed by atoms with Crippen molar-refractivity contribution in [2.24, 2.45) is 0 Å². The van der Waals surface area contributed by atoms with Gasteiger partial charge in [-0.3, -0.25) is 9.59 Å². The third kappa shape index (κ3) is 4.49. The van der Waals surface area contributed by atoms with Gasteiger partial charge in [0.1, 0.15) is 6.54 Å². The smallest absolute Gasteiger partial charge is 0.323 e. The molecule has 0 aliphatic carbocycles. The molecule has 0 saturated carbocycles. The number of carboxylic acids is 1. The van der Waals surface area contributed by atoms with Gasteiger partial charge in [-0.15, -0.1) is 6.58 Å². The Bertz CT molecular complexity index is 189. The van der Waals surface area contributed by atoms with Crippen LogP contribution in [0.1, 0.15) is 13.3 Å². The van der Waals surface area contributed by atoms with Crippen molar-refractivity contribution < 1.29 is 14.7 Å². The lowest BCUT2D eigenvalue weighted by molar-refractivity contribution is -0.143. The maximum Gasteiger partial charge on any atom is 0.323 e. The zero-order chi connectivity index (χ0) is 9.56. The van der Waals surface area contributed by atoms with Gasteiger partial charge in [0.05, 0.1) is 0 Å². The van der Waals surface area contributed by atoms with E-state index in [4.69, 9.17) is 5.11 Å². The molecule has 0 radical (unpaired) electrons. The van der Waals surface area contributed by atoms with Crippen LogP contribution >= 0.6 is 0 Å². The second-order valence-corrected chi connectivity index (χ2v) is 2.41. The quantitative estimate of drug-likeness (QED) is 0.612. The highest BCUT2D eigenvalue weighted by Gasteiger charge is 2.10. The molecule has 1 N–H and O–H groups in total. The van der Waals surface area contributed by atoms with Crippen molar-refractivity contribution in [3.8, 4) is 0 Å². The first-order chi connectivity index (χ1) is 5.57. The van der Waals surface area contributed by atoms with Crippen LogP contribution in [0.2, 0.25) is 0 Å². The van der Waals surface area contributed by atoms with Crippen LogP contribution in [-0.4, -0.2) is 35.0 Å². The maximum atomic E-state index is 10.8. The summed E-state index contributed by atoms with van der Waals surface area (Å²) in [5.41, 5.74) is 0. The highest BCUT2D eigenvalue weighted by Crippen LogP contribution is 1.92. The summed E-state index contributed by atoms with van der Waals surface area (Å²) >= 11 is 0. The molecule has 0 aliphatic rings. The normalized spacial score (nSPS) is 9.08. The van der Waals surface area contributed by atoms with Gasteiger partial charge in [-0.05, 0) is 6.42 Å². The van der Waals surface area contributed by atoms with Gasteiger partial charge in [-0.1, -0.05) is 6.08 Å². The number of aliphatic carboxylic acids is 1. The van der Waals surface area contributed by atoms with Gasteiger partial charge < -0.3 is 10.0 Å². The number of carbonyl (C=O) groups excluding carboxylic acids is 1. The molecule has 0 heterocycles. The van der Waals surface area contributed by atoms with Crippen molar-refractivity contribution in [1.29, 1.82) is 0 Å². The van der Waals surface area contributed by atoms with Crippen molar-refractivity contribution in [1.82, 2.24) is 4.90 Å². The second-order valence-electron chi connectivity index (χ2n) is 2.41. The minimum absolute atomic E-state index is 0.223. The maximum absolute atomic E-state index is 10.8. The summed E-state index contributed by atoms with van der Waals surface area (Å²) in [6.07, 6.45) is 2.27. The summed E-state index contributed by atoms with van der Waals surface area (Å²) in [5, 5.41) is 8.41. The van der Waals surface area contributed by atoms with E-state index in [2.05, 4.69) is 6.58 Å². The molecule has 0 rings (SSSR count). The summed E-state index contributed by atoms with van der Waals surface area (Å²) < 4.78 is 0. The van der Waals surface area contributed by atoms with Crippen LogP contribution in [0.15, 0.2) is 12.7 Å². The fraction of sp³-hybridized carbons (Fsp3) is 0.500. The largest absolute Gasteiger partial charge is 0.480 e. The molecule has 0 aromatic rings. The monoisotopic (exact) mass is 171 g/mol. The van der Waals surface area contributed by atoms with Crippen LogP contribution in [0.25, 0.3) is 0 Å². The fourth-order valence-corrected chi connectivity index (χ4v) is 0.758. The molecule has 0 aliphatic heterocycles. The predicted molar refractivity (Wildman–Crippen MR) is 44.7 cm³/mol. The van der Waals surface area contributed by atoms with Crippen LogP contribution in [0.3, 0.4) is 0 Å². The Balaban J connectivity index is 3.94. The number of hydrogen-bond acceptors (Lipinski definition) is 2. The topological polar surface area (TPSA) is 57.6 Å². The van der Waals surface area contributed by atoms with Crippen LogP contribution < -0.4 is 0 Å². The summed E-state index contributed by atoms with van der Waals surface area (Å²) in [6, 6.07) is 0. The minimum atomic E-state index is -0.991. The summed E-state index contributed by atoms with van der Waals surface area (Å²) in [4.78, 5) is 22.3. The van der Waals surface area contributed by atoms with E-state index in [9.17, 15) is 9.59 Å². The van der Waals surface area contributed by atoms with E-state index < -0.39 is 5.97 Å². The van der Waals surface area contributed by atoms with Gasteiger partial charge in [0.15, 0.2) is 0 Å². The Morgan fingerprint density at radius 3 is 2.50 bits per heavy atom. The van der Waals surface area contributed by atoms with Gasteiger partial charge in [-0.2, -0.15) is 0 Å². The van der Waals surface area contributed by atoms with E-state index in [1.807, 2.05) is 0 Å². The molecule has 0 aromatic carbocycles. The van der Waals surface area contributed by atoms with E-state index in [0.717, 1.165) is 0 Å². The lowest BCUT2D eigenvalue weighted by Gasteiger charge is -2.17. The van der Waals surface area contributed by atoms with Crippen LogP contribution in [0.4, 0.5) is 0 Å². The summed E-state index contributed by atoms with van der Waals surface area (Å²) in [7, 11) is 0. The average Bonchev–Trinajstić information content (AvgIpc) is 1.96. The Morgan fingerprint density at radius 1 is 1.58 bits per heavy atom. The van der Waals surface area contributed by atoms with Crippen molar-refractivity contribution in [2.45, 2.75) is 13.3 Å². The van der Waals surface area contributed by atoms with Gasteiger partial charge in [-0.25, -0.2) is 0 Å². The molecule has 4 heteroatoms. The van der Waals surface area contributed by atoms with Crippen molar-refractivity contribution in [2.75, 3.05) is 13.1 Å². The SMILES string of the molecule is C=CCCN(CC(=O)O)C(C)=O. The molecule has 1 amide bonds. The zero-order valence-corrected chi connectivity index (χ0v) is 7.12. The molecular weight excluding hydrogens is 158 g/mol. The molecule has 0 unspecified atom stereocenters. The molecule has 12 heavy (non-hydrogen) atoms. The van der Waals surface area contributed by atoms with Crippen molar-refractivity contribution in [3.05, 3.63) is 12.7 Å². The van der Waals surface area contributed by atoms with Gasteiger partial charge in [0.2, 0.25) is 5.91 Å². The van der Waals surface area contributed by atoms with E-state index in [0.29, 0.717) is 13.0 Å². The number of nitrogens with zero attached hydrogens (tertiary/aromatic N) is 1. The molecule has 0 atom stereocenters. The molecule has 0 bridgehead atoms. The molecule has 0 spiro atoms. The third-order valence-corrected chi connectivity index (χ3v) is 1.37. The summed E-state index contributed by atoms with van der Waals surface area (Å²) in [6.45, 7) is 5.03. The molecule has 68 valence electrons. The Kier molecular flexibility index (Phi) is 4.76. The first-order valence-corrected chi connectivity index (χ1v) is 3.66. The Labute approximate surface area is 71.5 Å². The highest BCUT2D eigenvalue weighted by molar-refractivity contribution is 5.79. The predicted octanol–water partition coefficient (Wildman–Crippen LogP) is 0.496. The molecule has 0 saturated heterocycles. The van der Waals surface area contributed by atoms with Gasteiger partial charge in [0.25, 0.3) is 0 Å². The number of amides is 1. The van der Waals surface area contributed by atoms with Crippen molar-refractivity contribution in [3.63, 3.8) is 0 Å². The molecular formula is C8H13NO3. The first-order valence-electron chi connectivity index (χ1n) is 3.66. The fourth-order valence-electron chi connectivity index (χ4n) is 0.758. The Hall–Kier alpha value is -1.32. The van der Waals surface area contributed by atoms with Crippen LogP contribution in [0, 0.1) is 0 Å². The average molecular weight is 171 g/mol. The van der Waals surface area contributed by atoms with Gasteiger partial charge >= 0.3 is 5.97 Å². The first kappa shape index (κ1) is 10.7. The number of carbonyl (C=O) groups is 2. The zero-order valence-electron chi connectivity index (χ0n) is 7.12. The molecule has 0 aromatic heterocycles. The number of rotatable bonds is 5. The highest BCUT2D eigenvalue weighted by atomic mass is 16.4. The molecule has 0 fully saturated rings. The standard InChI is InChI=1S/C8H13NO3/c1-3-4-5-9(7(2)10)6-8(11)12/h3H,1,4-6H2,2H3,(H,11,12). The van der Waals surface area contributed by atoms with Crippen LogP contribution in [-0.2, 0) is 9.59 Å². The van der Waals surface area contributed by atoms with Crippen molar-refractivity contribution >= 4 is 11.9 Å². The second kappa shape index (κ2) is 5.35. The van der Waals surface area contributed by atoms with Crippen LogP contribution in [0.5, 0.6) is 0 Å². The number of hydrogen-bond donors (Lipinski definition) is 1. The third-order valence-electron chi connectivity index (χ3n) is 1.37. The molecule has 4 nitrogen and oxygen atoms in total. The lowest BCUT2D eigenvalue weighted by Crippen LogP contribution is -2.34. The summed E-state index contributed by atoms with van der Waals surface area (Å²) in [5.74, 6) is -1.21. The Morgan fingerprint density at radius 2 is 2.17 bits per heavy atom.